The molecule has 1 unspecified atom stereocenters. The molecule has 1 aromatic rings. The molecule has 0 aromatic heterocycles. The Hall–Kier alpha value is -0.600. The van der Waals surface area contributed by atoms with E-state index in [1.807, 2.05) is 6.07 Å². The molecule has 1 aromatic carbocycles. The highest BCUT2D eigenvalue weighted by molar-refractivity contribution is 6.30. The highest BCUT2D eigenvalue weighted by atomic mass is 35.5. The third kappa shape index (κ3) is 2.51. The fourth-order valence-electron chi connectivity index (χ4n) is 5.36. The number of benzene rings is 1. The van der Waals surface area contributed by atoms with E-state index in [1.54, 1.807) is 12.1 Å². The topological polar surface area (TPSA) is 12.0 Å². The lowest BCUT2D eigenvalue weighted by molar-refractivity contribution is -0.0171. The lowest BCUT2D eigenvalue weighted by atomic mass is 9.54. The second-order valence-corrected chi connectivity index (χ2v) is 7.93. The van der Waals surface area contributed by atoms with Crippen LogP contribution in [-0.4, -0.2) is 6.04 Å². The molecule has 0 amide bonds. The van der Waals surface area contributed by atoms with E-state index in [4.69, 9.17) is 11.6 Å². The van der Waals surface area contributed by atoms with Crippen molar-refractivity contribution in [1.82, 2.24) is 5.32 Å². The number of halogens is 2. The van der Waals surface area contributed by atoms with Crippen LogP contribution in [0.5, 0.6) is 0 Å². The molecule has 4 bridgehead atoms. The van der Waals surface area contributed by atoms with Gasteiger partial charge in [0.15, 0.2) is 0 Å². The highest BCUT2D eigenvalue weighted by Gasteiger charge is 2.48. The van der Waals surface area contributed by atoms with Gasteiger partial charge in [-0.15, -0.1) is 0 Å². The molecule has 0 heterocycles. The van der Waals surface area contributed by atoms with E-state index in [9.17, 15) is 4.39 Å². The largest absolute Gasteiger partial charge is 0.307 e. The summed E-state index contributed by atoms with van der Waals surface area (Å²) in [7, 11) is 0. The van der Waals surface area contributed by atoms with Crippen molar-refractivity contribution in [3.63, 3.8) is 0 Å². The molecule has 21 heavy (non-hydrogen) atoms. The van der Waals surface area contributed by atoms with Gasteiger partial charge in [0.1, 0.15) is 5.82 Å². The van der Waals surface area contributed by atoms with Crippen LogP contribution in [0, 0.1) is 29.5 Å². The number of nitrogens with one attached hydrogen (secondary N) is 1. The third-order valence-electron chi connectivity index (χ3n) is 6.11. The quantitative estimate of drug-likeness (QED) is 0.832. The average Bonchev–Trinajstić information content (AvgIpc) is 2.45. The van der Waals surface area contributed by atoms with Gasteiger partial charge in [-0.3, -0.25) is 0 Å². The molecule has 0 radical (unpaired) electrons. The van der Waals surface area contributed by atoms with Crippen molar-refractivity contribution in [2.75, 3.05) is 0 Å². The molecule has 3 heteroatoms. The average molecular weight is 308 g/mol. The molecule has 0 spiro atoms. The van der Waals surface area contributed by atoms with Gasteiger partial charge < -0.3 is 5.32 Å². The predicted octanol–water partition coefficient (Wildman–Crippen LogP) is 4.95. The maximum atomic E-state index is 13.6. The molecule has 5 rings (SSSR count). The molecular weight excluding hydrogens is 285 g/mol. The summed E-state index contributed by atoms with van der Waals surface area (Å²) in [5.41, 5.74) is 1.01. The van der Waals surface area contributed by atoms with E-state index < -0.39 is 0 Å². The maximum Gasteiger partial charge on any atom is 0.142 e. The minimum Gasteiger partial charge on any atom is -0.307 e. The lowest BCUT2D eigenvalue weighted by Gasteiger charge is -2.55. The minimum atomic E-state index is -0.312. The fraction of sp³-hybridized carbons (Fsp3) is 0.667. The summed E-state index contributed by atoms with van der Waals surface area (Å²) in [5, 5.41) is 4.02. The summed E-state index contributed by atoms with van der Waals surface area (Å²) in [6.07, 6.45) is 7.12. The van der Waals surface area contributed by atoms with Crippen molar-refractivity contribution in [3.05, 3.63) is 34.6 Å². The Morgan fingerprint density at radius 1 is 1.10 bits per heavy atom. The van der Waals surface area contributed by atoms with Crippen LogP contribution in [-0.2, 0) is 0 Å². The predicted molar refractivity (Wildman–Crippen MR) is 83.8 cm³/mol. The second-order valence-electron chi connectivity index (χ2n) is 7.52. The van der Waals surface area contributed by atoms with Crippen LogP contribution in [0.1, 0.15) is 50.6 Å². The molecule has 0 saturated heterocycles. The zero-order chi connectivity index (χ0) is 14.6. The van der Waals surface area contributed by atoms with Gasteiger partial charge in [-0.1, -0.05) is 17.7 Å². The Balaban J connectivity index is 1.49. The first-order valence-corrected chi connectivity index (χ1v) is 8.69. The minimum absolute atomic E-state index is 0.194. The molecule has 4 aliphatic carbocycles. The molecule has 1 atom stereocenters. The number of hydrogen-bond acceptors (Lipinski definition) is 1. The van der Waals surface area contributed by atoms with Gasteiger partial charge in [0, 0.05) is 12.1 Å². The van der Waals surface area contributed by atoms with E-state index in [0.29, 0.717) is 6.04 Å². The zero-order valence-corrected chi connectivity index (χ0v) is 13.2. The molecule has 4 aliphatic rings. The van der Waals surface area contributed by atoms with Crippen LogP contribution in [0.25, 0.3) is 0 Å². The summed E-state index contributed by atoms with van der Waals surface area (Å²) >= 11 is 5.78. The molecule has 0 aliphatic heterocycles. The SMILES string of the molecule is CC(NC1C2CC3CC(C2)CC1C3)c1ccc(Cl)c(F)c1. The molecular formula is C18H23ClFN. The first kappa shape index (κ1) is 14.0. The molecule has 1 N–H and O–H groups in total. The summed E-state index contributed by atoms with van der Waals surface area (Å²) in [6.45, 7) is 2.15. The summed E-state index contributed by atoms with van der Waals surface area (Å²) in [6, 6.07) is 6.02. The van der Waals surface area contributed by atoms with Gasteiger partial charge in [0.25, 0.3) is 0 Å². The van der Waals surface area contributed by atoms with E-state index in [0.717, 1.165) is 29.2 Å². The van der Waals surface area contributed by atoms with E-state index >= 15 is 0 Å². The third-order valence-corrected chi connectivity index (χ3v) is 6.42. The van der Waals surface area contributed by atoms with Crippen LogP contribution in [0.4, 0.5) is 4.39 Å². The molecule has 114 valence electrons. The Morgan fingerprint density at radius 3 is 2.29 bits per heavy atom. The Morgan fingerprint density at radius 2 is 1.71 bits per heavy atom. The maximum absolute atomic E-state index is 13.6. The highest BCUT2D eigenvalue weighted by Crippen LogP contribution is 2.54. The van der Waals surface area contributed by atoms with Crippen molar-refractivity contribution in [2.24, 2.45) is 23.7 Å². The summed E-state index contributed by atoms with van der Waals surface area (Å²) in [4.78, 5) is 0. The molecule has 1 nitrogen and oxygen atoms in total. The number of hydrogen-bond donors (Lipinski definition) is 1. The van der Waals surface area contributed by atoms with Crippen molar-refractivity contribution >= 4 is 11.6 Å². The van der Waals surface area contributed by atoms with E-state index in [-0.39, 0.29) is 16.9 Å². The van der Waals surface area contributed by atoms with E-state index in [1.165, 1.54) is 32.1 Å². The fourth-order valence-corrected chi connectivity index (χ4v) is 5.48. The Labute approximate surface area is 131 Å². The van der Waals surface area contributed by atoms with Crippen LogP contribution in [0.2, 0.25) is 5.02 Å². The van der Waals surface area contributed by atoms with Crippen LogP contribution < -0.4 is 5.32 Å². The monoisotopic (exact) mass is 307 g/mol. The van der Waals surface area contributed by atoms with Gasteiger partial charge in [0.2, 0.25) is 0 Å². The zero-order valence-electron chi connectivity index (χ0n) is 12.5. The van der Waals surface area contributed by atoms with Gasteiger partial charge in [-0.2, -0.15) is 0 Å². The van der Waals surface area contributed by atoms with Gasteiger partial charge in [-0.25, -0.2) is 4.39 Å². The van der Waals surface area contributed by atoms with Crippen molar-refractivity contribution < 1.29 is 4.39 Å². The van der Waals surface area contributed by atoms with Crippen LogP contribution >= 0.6 is 11.6 Å². The normalized spacial score (nSPS) is 38.7. The Kier molecular flexibility index (Phi) is 3.50. The first-order chi connectivity index (χ1) is 10.1. The second kappa shape index (κ2) is 5.24. The summed E-state index contributed by atoms with van der Waals surface area (Å²) in [5.74, 6) is 3.37. The standard InChI is InChI=1S/C18H23ClFN/c1-10(13-2-3-16(19)17(20)9-13)21-18-14-5-11-4-12(7-14)8-15(18)6-11/h2-3,9-12,14-15,18,21H,4-8H2,1H3. The van der Waals surface area contributed by atoms with Crippen LogP contribution in [0.3, 0.4) is 0 Å². The van der Waals surface area contributed by atoms with Gasteiger partial charge >= 0.3 is 0 Å². The van der Waals surface area contributed by atoms with Gasteiger partial charge in [0.05, 0.1) is 5.02 Å². The van der Waals surface area contributed by atoms with Crippen molar-refractivity contribution in [3.8, 4) is 0 Å². The van der Waals surface area contributed by atoms with Gasteiger partial charge in [-0.05, 0) is 80.4 Å². The lowest BCUT2D eigenvalue weighted by Crippen LogP contribution is -2.54. The van der Waals surface area contributed by atoms with Crippen molar-refractivity contribution in [1.29, 1.82) is 0 Å². The Bertz CT molecular complexity index is 516. The van der Waals surface area contributed by atoms with Crippen molar-refractivity contribution in [2.45, 2.75) is 51.1 Å². The van der Waals surface area contributed by atoms with Crippen LogP contribution in [0.15, 0.2) is 18.2 Å². The first-order valence-electron chi connectivity index (χ1n) is 8.31. The number of rotatable bonds is 3. The van der Waals surface area contributed by atoms with E-state index in [2.05, 4.69) is 12.2 Å². The summed E-state index contributed by atoms with van der Waals surface area (Å²) < 4.78 is 13.6. The smallest absolute Gasteiger partial charge is 0.142 e. The molecule has 4 fully saturated rings. The molecule has 4 saturated carbocycles.